The van der Waals surface area contributed by atoms with Gasteiger partial charge in [0.05, 0.1) is 0 Å². The van der Waals surface area contributed by atoms with Gasteiger partial charge in [-0.05, 0) is 12.1 Å². The first-order chi connectivity index (χ1) is 9.58. The molecule has 0 atom stereocenters. The molecule has 0 aromatic heterocycles. The topological polar surface area (TPSA) is 40.6 Å². The van der Waals surface area contributed by atoms with E-state index in [0.29, 0.717) is 31.7 Å². The fourth-order valence-corrected chi connectivity index (χ4v) is 2.12. The molecule has 20 heavy (non-hydrogen) atoms. The predicted octanol–water partition coefficient (Wildman–Crippen LogP) is 1.53. The molecule has 0 spiro atoms. The Kier molecular flexibility index (Phi) is 4.50. The molecule has 1 saturated heterocycles. The van der Waals surface area contributed by atoms with Crippen molar-refractivity contribution >= 4 is 17.9 Å². The van der Waals surface area contributed by atoms with Crippen LogP contribution in [0.4, 0.5) is 4.39 Å². The molecule has 2 rings (SSSR count). The lowest BCUT2D eigenvalue weighted by atomic mass is 10.2. The van der Waals surface area contributed by atoms with Gasteiger partial charge in [-0.2, -0.15) is 0 Å². The average molecular weight is 276 g/mol. The van der Waals surface area contributed by atoms with Crippen LogP contribution in [0.1, 0.15) is 12.5 Å². The van der Waals surface area contributed by atoms with Crippen LogP contribution >= 0.6 is 0 Å². The average Bonchev–Trinajstić information content (AvgIpc) is 2.46. The second-order valence-corrected chi connectivity index (χ2v) is 4.69. The summed E-state index contributed by atoms with van der Waals surface area (Å²) < 4.78 is 13.4. The van der Waals surface area contributed by atoms with Gasteiger partial charge in [-0.3, -0.25) is 9.59 Å². The minimum atomic E-state index is -0.349. The van der Waals surface area contributed by atoms with Gasteiger partial charge in [0, 0.05) is 44.7 Å². The van der Waals surface area contributed by atoms with Crippen molar-refractivity contribution < 1.29 is 14.0 Å². The van der Waals surface area contributed by atoms with E-state index in [1.54, 1.807) is 28.0 Å². The zero-order valence-electron chi connectivity index (χ0n) is 11.4. The highest BCUT2D eigenvalue weighted by molar-refractivity contribution is 5.92. The summed E-state index contributed by atoms with van der Waals surface area (Å²) in [5.41, 5.74) is 0.392. The number of carbonyl (C=O) groups excluding carboxylic acids is 2. The Morgan fingerprint density at radius 3 is 2.30 bits per heavy atom. The lowest BCUT2D eigenvalue weighted by Gasteiger charge is -2.33. The van der Waals surface area contributed by atoms with E-state index in [1.807, 2.05) is 0 Å². The van der Waals surface area contributed by atoms with E-state index in [4.69, 9.17) is 0 Å². The molecule has 1 aromatic carbocycles. The molecule has 5 heteroatoms. The van der Waals surface area contributed by atoms with Crippen LogP contribution < -0.4 is 0 Å². The van der Waals surface area contributed by atoms with Gasteiger partial charge in [0.15, 0.2) is 0 Å². The summed E-state index contributed by atoms with van der Waals surface area (Å²) in [6.45, 7) is 3.65. The van der Waals surface area contributed by atoms with E-state index < -0.39 is 0 Å². The van der Waals surface area contributed by atoms with Gasteiger partial charge in [-0.25, -0.2) is 4.39 Å². The van der Waals surface area contributed by atoms with Crippen molar-refractivity contribution in [3.63, 3.8) is 0 Å². The number of hydrogen-bond donors (Lipinski definition) is 0. The first-order valence-electron chi connectivity index (χ1n) is 6.55. The molecule has 1 aromatic rings. The largest absolute Gasteiger partial charge is 0.339 e. The molecular weight excluding hydrogens is 259 g/mol. The molecule has 106 valence electrons. The quantitative estimate of drug-likeness (QED) is 0.769. The van der Waals surface area contributed by atoms with Crippen LogP contribution in [0.5, 0.6) is 0 Å². The van der Waals surface area contributed by atoms with Crippen molar-refractivity contribution in [2.45, 2.75) is 6.92 Å². The van der Waals surface area contributed by atoms with E-state index in [2.05, 4.69) is 0 Å². The summed E-state index contributed by atoms with van der Waals surface area (Å²) in [5, 5.41) is 0. The number of halogens is 1. The molecule has 1 aliphatic rings. The smallest absolute Gasteiger partial charge is 0.246 e. The number of rotatable bonds is 2. The number of piperazine rings is 1. The zero-order chi connectivity index (χ0) is 14.5. The lowest BCUT2D eigenvalue weighted by Crippen LogP contribution is -2.49. The Hall–Kier alpha value is -2.17. The fourth-order valence-electron chi connectivity index (χ4n) is 2.12. The zero-order valence-corrected chi connectivity index (χ0v) is 11.4. The molecule has 1 fully saturated rings. The minimum absolute atomic E-state index is 0.0268. The highest BCUT2D eigenvalue weighted by Gasteiger charge is 2.20. The van der Waals surface area contributed by atoms with Crippen LogP contribution in [-0.4, -0.2) is 47.8 Å². The SMILES string of the molecule is CC(=O)N1CCN(C(=O)/C=C/c2ccccc2F)CC1. The van der Waals surface area contributed by atoms with Crippen molar-refractivity contribution in [3.05, 3.63) is 41.7 Å². The van der Waals surface area contributed by atoms with E-state index >= 15 is 0 Å². The molecule has 0 saturated carbocycles. The number of carbonyl (C=O) groups is 2. The molecule has 0 radical (unpaired) electrons. The Labute approximate surface area is 117 Å². The minimum Gasteiger partial charge on any atom is -0.339 e. The summed E-state index contributed by atoms with van der Waals surface area (Å²) in [7, 11) is 0. The molecule has 1 heterocycles. The summed E-state index contributed by atoms with van der Waals surface area (Å²) >= 11 is 0. The summed E-state index contributed by atoms with van der Waals surface area (Å²) in [5.74, 6) is -0.478. The van der Waals surface area contributed by atoms with E-state index in [9.17, 15) is 14.0 Å². The first-order valence-corrected chi connectivity index (χ1v) is 6.55. The number of hydrogen-bond acceptors (Lipinski definition) is 2. The Bertz CT molecular complexity index is 534. The van der Waals surface area contributed by atoms with Crippen LogP contribution in [-0.2, 0) is 9.59 Å². The third-order valence-electron chi connectivity index (χ3n) is 3.35. The normalized spacial score (nSPS) is 15.7. The van der Waals surface area contributed by atoms with Crippen LogP contribution in [0.15, 0.2) is 30.3 Å². The van der Waals surface area contributed by atoms with Crippen molar-refractivity contribution in [1.29, 1.82) is 0 Å². The summed E-state index contributed by atoms with van der Waals surface area (Å²) in [6.07, 6.45) is 2.86. The van der Waals surface area contributed by atoms with E-state index in [-0.39, 0.29) is 17.6 Å². The van der Waals surface area contributed by atoms with Gasteiger partial charge in [0.25, 0.3) is 0 Å². The molecule has 4 nitrogen and oxygen atoms in total. The van der Waals surface area contributed by atoms with Crippen LogP contribution in [0.2, 0.25) is 0 Å². The van der Waals surface area contributed by atoms with Gasteiger partial charge < -0.3 is 9.80 Å². The Morgan fingerprint density at radius 2 is 1.70 bits per heavy atom. The fraction of sp³-hybridized carbons (Fsp3) is 0.333. The first kappa shape index (κ1) is 14.2. The highest BCUT2D eigenvalue weighted by atomic mass is 19.1. The monoisotopic (exact) mass is 276 g/mol. The molecule has 1 aliphatic heterocycles. The lowest BCUT2D eigenvalue weighted by molar-refractivity contribution is -0.135. The van der Waals surface area contributed by atoms with E-state index in [1.165, 1.54) is 25.1 Å². The van der Waals surface area contributed by atoms with Crippen molar-refractivity contribution in [2.24, 2.45) is 0 Å². The van der Waals surface area contributed by atoms with Gasteiger partial charge in [0.1, 0.15) is 5.82 Å². The number of amides is 2. The molecule has 0 unspecified atom stereocenters. The molecular formula is C15H17FN2O2. The molecule has 0 N–H and O–H groups in total. The second-order valence-electron chi connectivity index (χ2n) is 4.69. The highest BCUT2D eigenvalue weighted by Crippen LogP contribution is 2.09. The van der Waals surface area contributed by atoms with Crippen LogP contribution in [0, 0.1) is 5.82 Å². The Morgan fingerprint density at radius 1 is 1.10 bits per heavy atom. The molecule has 0 aliphatic carbocycles. The van der Waals surface area contributed by atoms with Gasteiger partial charge >= 0.3 is 0 Å². The predicted molar refractivity (Wildman–Crippen MR) is 74.3 cm³/mol. The maximum atomic E-state index is 13.4. The maximum absolute atomic E-state index is 13.4. The van der Waals surface area contributed by atoms with Gasteiger partial charge in [-0.1, -0.05) is 18.2 Å². The molecule has 0 bridgehead atoms. The van der Waals surface area contributed by atoms with E-state index in [0.717, 1.165) is 0 Å². The van der Waals surface area contributed by atoms with Gasteiger partial charge in [0.2, 0.25) is 11.8 Å². The van der Waals surface area contributed by atoms with Crippen molar-refractivity contribution in [2.75, 3.05) is 26.2 Å². The van der Waals surface area contributed by atoms with Crippen LogP contribution in [0.25, 0.3) is 6.08 Å². The second kappa shape index (κ2) is 6.32. The molecule has 2 amide bonds. The van der Waals surface area contributed by atoms with Crippen molar-refractivity contribution in [1.82, 2.24) is 9.80 Å². The summed E-state index contributed by atoms with van der Waals surface area (Å²) in [4.78, 5) is 26.5. The van der Waals surface area contributed by atoms with Crippen LogP contribution in [0.3, 0.4) is 0 Å². The third kappa shape index (κ3) is 3.44. The third-order valence-corrected chi connectivity index (χ3v) is 3.35. The Balaban J connectivity index is 1.93. The maximum Gasteiger partial charge on any atom is 0.246 e. The number of nitrogens with zero attached hydrogens (tertiary/aromatic N) is 2. The van der Waals surface area contributed by atoms with Crippen molar-refractivity contribution in [3.8, 4) is 0 Å². The summed E-state index contributed by atoms with van der Waals surface area (Å²) in [6, 6.07) is 6.30. The standard InChI is InChI=1S/C15H17FN2O2/c1-12(19)17-8-10-18(11-9-17)15(20)7-6-13-4-2-3-5-14(13)16/h2-7H,8-11H2,1H3/b7-6+. The van der Waals surface area contributed by atoms with Gasteiger partial charge in [-0.15, -0.1) is 0 Å². The number of benzene rings is 1.